The van der Waals surface area contributed by atoms with Gasteiger partial charge in [-0.25, -0.2) is 0 Å². The Labute approximate surface area is 139 Å². The fourth-order valence-corrected chi connectivity index (χ4v) is 2.34. The first-order chi connectivity index (χ1) is 11.9. The number of aromatic nitrogens is 4. The van der Waals surface area contributed by atoms with Crippen LogP contribution in [0.15, 0.2) is 21.7 Å². The summed E-state index contributed by atoms with van der Waals surface area (Å²) in [5, 5.41) is 8.06. The number of nitrogens with zero attached hydrogens (tertiary/aromatic N) is 3. The Hall–Kier alpha value is -3.43. The molecule has 25 heavy (non-hydrogen) atoms. The van der Waals surface area contributed by atoms with E-state index in [0.29, 0.717) is 11.5 Å². The van der Waals surface area contributed by atoms with E-state index in [1.54, 1.807) is 0 Å². The molecule has 0 saturated heterocycles. The molecule has 0 bridgehead atoms. The van der Waals surface area contributed by atoms with Gasteiger partial charge in [0.15, 0.2) is 22.5 Å². The highest BCUT2D eigenvalue weighted by Crippen LogP contribution is 2.29. The summed E-state index contributed by atoms with van der Waals surface area (Å²) in [6, 6.07) is 2.94. The van der Waals surface area contributed by atoms with Crippen molar-refractivity contribution in [2.75, 3.05) is 14.2 Å². The molecule has 2 aromatic heterocycles. The number of fused-ring (bicyclic) bond motifs is 2. The molecule has 0 atom stereocenters. The van der Waals surface area contributed by atoms with E-state index < -0.39 is 17.0 Å². The highest BCUT2D eigenvalue weighted by Gasteiger charge is 2.15. The third kappa shape index (κ3) is 2.89. The average Bonchev–Trinajstić information content (AvgIpc) is 2.99. The van der Waals surface area contributed by atoms with Crippen molar-refractivity contribution in [3.8, 4) is 11.5 Å². The number of carbonyl (C=O) groups excluding carboxylic acids is 1. The van der Waals surface area contributed by atoms with Gasteiger partial charge in [-0.15, -0.1) is 15.0 Å². The van der Waals surface area contributed by atoms with Crippen LogP contribution in [0.5, 0.6) is 11.5 Å². The Bertz CT molecular complexity index is 1100. The molecule has 1 aromatic carbocycles. The van der Waals surface area contributed by atoms with Gasteiger partial charge >= 0.3 is 5.97 Å². The molecular weight excluding hydrogens is 332 g/mol. The number of ether oxygens (including phenoxy) is 3. The molecule has 0 spiro atoms. The van der Waals surface area contributed by atoms with Gasteiger partial charge in [-0.05, 0) is 6.07 Å². The average molecular weight is 346 g/mol. The fourth-order valence-electron chi connectivity index (χ4n) is 2.34. The first-order valence-electron chi connectivity index (χ1n) is 7.15. The maximum Gasteiger partial charge on any atom is 0.304 e. The summed E-state index contributed by atoms with van der Waals surface area (Å²) in [7, 11) is 2.88. The number of rotatable bonds is 4. The van der Waals surface area contributed by atoms with E-state index in [1.165, 1.54) is 33.3 Å². The minimum Gasteiger partial charge on any atom is -0.493 e. The molecule has 1 N–H and O–H groups in total. The minimum absolute atomic E-state index is 0.143. The summed E-state index contributed by atoms with van der Waals surface area (Å²) in [5.74, 6) is 0.159. The summed E-state index contributed by atoms with van der Waals surface area (Å²) in [6.07, 6.45) is 0. The van der Waals surface area contributed by atoms with Crippen LogP contribution < -0.4 is 20.5 Å². The van der Waals surface area contributed by atoms with Crippen molar-refractivity contribution in [3.63, 3.8) is 0 Å². The number of nitrogens with one attached hydrogen (secondary N) is 1. The van der Waals surface area contributed by atoms with Crippen LogP contribution in [0.4, 0.5) is 0 Å². The standard InChI is InChI=1S/C15H14N4O6/c1-7(20)25-6-19-17-12-13(18-19)15(22)16-9-5-11(24-3)10(23-2)4-8(9)14(12)21/h4-5H,6H2,1-3H3,(H,16,22). The minimum atomic E-state index is -0.608. The van der Waals surface area contributed by atoms with Crippen LogP contribution >= 0.6 is 0 Å². The molecule has 10 heteroatoms. The fraction of sp³-hybridized carbons (Fsp3) is 0.267. The zero-order chi connectivity index (χ0) is 18.1. The second-order valence-electron chi connectivity index (χ2n) is 5.07. The van der Waals surface area contributed by atoms with Gasteiger partial charge in [0.05, 0.1) is 25.1 Å². The molecule has 0 unspecified atom stereocenters. The molecule has 10 nitrogen and oxygen atoms in total. The summed E-state index contributed by atoms with van der Waals surface area (Å²) < 4.78 is 15.1. The zero-order valence-corrected chi connectivity index (χ0v) is 13.7. The number of hydrogen-bond acceptors (Lipinski definition) is 8. The number of aromatic amines is 1. The molecule has 0 aliphatic rings. The second-order valence-corrected chi connectivity index (χ2v) is 5.07. The van der Waals surface area contributed by atoms with Crippen LogP contribution in [-0.2, 0) is 16.3 Å². The predicted octanol–water partition coefficient (Wildman–Crippen LogP) is 0.171. The Balaban J connectivity index is 2.32. The summed E-state index contributed by atoms with van der Waals surface area (Å²) in [4.78, 5) is 39.6. The molecule has 0 fully saturated rings. The van der Waals surface area contributed by atoms with Crippen molar-refractivity contribution in [3.05, 3.63) is 32.7 Å². The highest BCUT2D eigenvalue weighted by molar-refractivity contribution is 5.88. The van der Waals surface area contributed by atoms with Crippen LogP contribution in [0.25, 0.3) is 21.9 Å². The van der Waals surface area contributed by atoms with Gasteiger partial charge in [0.25, 0.3) is 5.56 Å². The Morgan fingerprint density at radius 3 is 2.40 bits per heavy atom. The van der Waals surface area contributed by atoms with Crippen molar-refractivity contribution in [1.29, 1.82) is 0 Å². The maximum atomic E-state index is 12.8. The first-order valence-corrected chi connectivity index (χ1v) is 7.15. The molecule has 3 aromatic rings. The Morgan fingerprint density at radius 1 is 1.12 bits per heavy atom. The number of carbonyl (C=O) groups is 1. The molecule has 2 heterocycles. The van der Waals surface area contributed by atoms with E-state index in [4.69, 9.17) is 14.2 Å². The lowest BCUT2D eigenvalue weighted by molar-refractivity contribution is -0.145. The van der Waals surface area contributed by atoms with Crippen LogP contribution in [0.2, 0.25) is 0 Å². The van der Waals surface area contributed by atoms with Crippen LogP contribution in [0.1, 0.15) is 6.92 Å². The highest BCUT2D eigenvalue weighted by atomic mass is 16.5. The quantitative estimate of drug-likeness (QED) is 0.663. The van der Waals surface area contributed by atoms with E-state index in [-0.39, 0.29) is 28.7 Å². The van der Waals surface area contributed by atoms with Gasteiger partial charge in [-0.3, -0.25) is 14.4 Å². The van der Waals surface area contributed by atoms with Gasteiger partial charge in [0, 0.05) is 13.0 Å². The number of hydrogen-bond donors (Lipinski definition) is 1. The number of esters is 1. The van der Waals surface area contributed by atoms with E-state index in [9.17, 15) is 14.4 Å². The maximum absolute atomic E-state index is 12.8. The zero-order valence-electron chi connectivity index (χ0n) is 13.7. The lowest BCUT2D eigenvalue weighted by Crippen LogP contribution is -2.10. The molecule has 0 aliphatic carbocycles. The normalized spacial score (nSPS) is 10.8. The number of methoxy groups -OCH3 is 2. The molecule has 0 radical (unpaired) electrons. The molecule has 130 valence electrons. The number of H-pyrrole nitrogens is 1. The first kappa shape index (κ1) is 16.4. The van der Waals surface area contributed by atoms with Crippen LogP contribution in [0, 0.1) is 0 Å². The third-order valence-electron chi connectivity index (χ3n) is 3.49. The van der Waals surface area contributed by atoms with Crippen LogP contribution in [0.3, 0.4) is 0 Å². The van der Waals surface area contributed by atoms with E-state index in [0.717, 1.165) is 4.80 Å². The van der Waals surface area contributed by atoms with Crippen molar-refractivity contribution in [1.82, 2.24) is 20.0 Å². The summed E-state index contributed by atoms with van der Waals surface area (Å²) >= 11 is 0. The SMILES string of the molecule is COc1cc2[nH]c(=O)c3nn(COC(C)=O)nc3c(=O)c2cc1OC. The van der Waals surface area contributed by atoms with Crippen molar-refractivity contribution >= 4 is 27.9 Å². The third-order valence-corrected chi connectivity index (χ3v) is 3.49. The molecular formula is C15H14N4O6. The van der Waals surface area contributed by atoms with E-state index in [1.807, 2.05) is 0 Å². The Kier molecular flexibility index (Phi) is 4.09. The van der Waals surface area contributed by atoms with Gasteiger partial charge in [0.1, 0.15) is 0 Å². The lowest BCUT2D eigenvalue weighted by Gasteiger charge is -2.07. The largest absolute Gasteiger partial charge is 0.493 e. The van der Waals surface area contributed by atoms with E-state index in [2.05, 4.69) is 15.2 Å². The van der Waals surface area contributed by atoms with Crippen molar-refractivity contribution in [2.45, 2.75) is 13.7 Å². The topological polar surface area (TPSA) is 125 Å². The Morgan fingerprint density at radius 2 is 1.76 bits per heavy atom. The van der Waals surface area contributed by atoms with Gasteiger partial charge < -0.3 is 19.2 Å². The smallest absolute Gasteiger partial charge is 0.304 e. The lowest BCUT2D eigenvalue weighted by atomic mass is 10.2. The number of benzene rings is 1. The van der Waals surface area contributed by atoms with Crippen LogP contribution in [-0.4, -0.2) is 40.2 Å². The van der Waals surface area contributed by atoms with Gasteiger partial charge in [0.2, 0.25) is 12.2 Å². The monoisotopic (exact) mass is 346 g/mol. The van der Waals surface area contributed by atoms with Gasteiger partial charge in [-0.1, -0.05) is 0 Å². The molecule has 0 saturated carbocycles. The van der Waals surface area contributed by atoms with E-state index >= 15 is 0 Å². The molecule has 0 amide bonds. The summed E-state index contributed by atoms with van der Waals surface area (Å²) in [6.45, 7) is 0.921. The van der Waals surface area contributed by atoms with Crippen molar-refractivity contribution < 1.29 is 19.0 Å². The summed E-state index contributed by atoms with van der Waals surface area (Å²) in [5.41, 5.74) is -1.16. The predicted molar refractivity (Wildman–Crippen MR) is 86.8 cm³/mol. The second kappa shape index (κ2) is 6.23. The molecule has 3 rings (SSSR count). The van der Waals surface area contributed by atoms with Crippen molar-refractivity contribution in [2.24, 2.45) is 0 Å². The molecule has 0 aliphatic heterocycles. The van der Waals surface area contributed by atoms with Gasteiger partial charge in [-0.2, -0.15) is 0 Å².